The van der Waals surface area contributed by atoms with E-state index in [9.17, 15) is 18.0 Å². The molecule has 0 bridgehead atoms. The number of halogens is 3. The van der Waals surface area contributed by atoms with E-state index >= 15 is 0 Å². The van der Waals surface area contributed by atoms with Gasteiger partial charge >= 0.3 is 6.18 Å². The van der Waals surface area contributed by atoms with Gasteiger partial charge in [-0.25, -0.2) is 0 Å². The van der Waals surface area contributed by atoms with Crippen LogP contribution >= 0.6 is 0 Å². The monoisotopic (exact) mass is 413 g/mol. The Morgan fingerprint density at radius 2 is 1.97 bits per heavy atom. The highest BCUT2D eigenvalue weighted by atomic mass is 19.4. The number of aromatic nitrogens is 3. The fraction of sp³-hybridized carbons (Fsp3) is 0.611. The number of anilines is 2. The van der Waals surface area contributed by atoms with Gasteiger partial charge in [0.25, 0.3) is 5.56 Å². The van der Waals surface area contributed by atoms with Gasteiger partial charge in [-0.3, -0.25) is 9.36 Å². The maximum Gasteiger partial charge on any atom is 0.408 e. The van der Waals surface area contributed by atoms with Crippen LogP contribution in [-0.4, -0.2) is 52.2 Å². The Hall–Kier alpha value is -2.56. The maximum atomic E-state index is 13.8. The van der Waals surface area contributed by atoms with Crippen molar-refractivity contribution in [2.45, 2.75) is 57.7 Å². The van der Waals surface area contributed by atoms with Crippen LogP contribution in [0.5, 0.6) is 0 Å². The lowest BCUT2D eigenvalue weighted by Gasteiger charge is -2.42. The Bertz CT molecular complexity index is 904. The van der Waals surface area contributed by atoms with Crippen molar-refractivity contribution in [3.63, 3.8) is 0 Å². The Balaban J connectivity index is 1.80. The van der Waals surface area contributed by atoms with Gasteiger partial charge in [0.15, 0.2) is 5.76 Å². The third-order valence-corrected chi connectivity index (χ3v) is 5.36. The average Bonchev–Trinajstić information content (AvgIpc) is 3.14. The van der Waals surface area contributed by atoms with E-state index in [4.69, 9.17) is 9.26 Å². The molecule has 0 saturated carbocycles. The molecule has 8 nitrogen and oxygen atoms in total. The maximum absolute atomic E-state index is 13.8. The van der Waals surface area contributed by atoms with E-state index in [-0.39, 0.29) is 48.9 Å². The molecular weight excluding hydrogens is 391 g/mol. The molecule has 0 spiro atoms. The lowest BCUT2D eigenvalue weighted by Crippen LogP contribution is -2.53. The summed E-state index contributed by atoms with van der Waals surface area (Å²) in [5.41, 5.74) is -0.376. The van der Waals surface area contributed by atoms with E-state index in [1.165, 1.54) is 22.9 Å². The summed E-state index contributed by atoms with van der Waals surface area (Å²) in [6.07, 6.45) is -3.34. The molecule has 1 saturated heterocycles. The fourth-order valence-corrected chi connectivity index (χ4v) is 4.06. The van der Waals surface area contributed by atoms with Crippen LogP contribution in [0.2, 0.25) is 0 Å². The quantitative estimate of drug-likeness (QED) is 0.763. The molecule has 1 fully saturated rings. The van der Waals surface area contributed by atoms with Crippen molar-refractivity contribution >= 4 is 11.8 Å². The molecule has 0 N–H and O–H groups in total. The molecule has 4 rings (SSSR count). The molecular formula is C18H22F3N5O3. The summed E-state index contributed by atoms with van der Waals surface area (Å²) in [5.74, 6) is 0.610. The number of nitrogens with zero attached hydrogens (tertiary/aromatic N) is 5. The van der Waals surface area contributed by atoms with Crippen molar-refractivity contribution in [2.24, 2.45) is 0 Å². The van der Waals surface area contributed by atoms with Crippen molar-refractivity contribution in [2.75, 3.05) is 23.0 Å². The number of ether oxygens (including phenoxy) is 1. The van der Waals surface area contributed by atoms with Gasteiger partial charge in [-0.1, -0.05) is 5.16 Å². The predicted octanol–water partition coefficient (Wildman–Crippen LogP) is 2.19. The van der Waals surface area contributed by atoms with Gasteiger partial charge in [-0.05, 0) is 20.3 Å². The van der Waals surface area contributed by atoms with Gasteiger partial charge in [-0.2, -0.15) is 18.2 Å². The first-order valence-corrected chi connectivity index (χ1v) is 9.46. The van der Waals surface area contributed by atoms with Crippen LogP contribution < -0.4 is 15.4 Å². The number of rotatable bonds is 3. The Morgan fingerprint density at radius 1 is 1.24 bits per heavy atom. The Morgan fingerprint density at radius 3 is 2.59 bits per heavy atom. The molecule has 29 heavy (non-hydrogen) atoms. The molecule has 0 aromatic carbocycles. The van der Waals surface area contributed by atoms with Crippen LogP contribution in [0.15, 0.2) is 27.6 Å². The summed E-state index contributed by atoms with van der Waals surface area (Å²) in [6.45, 7) is 4.54. The molecule has 4 heterocycles. The van der Waals surface area contributed by atoms with Crippen molar-refractivity contribution in [3.05, 3.63) is 34.4 Å². The molecule has 3 atom stereocenters. The fourth-order valence-electron chi connectivity index (χ4n) is 4.06. The first kappa shape index (κ1) is 19.7. The molecule has 0 unspecified atom stereocenters. The minimum atomic E-state index is -4.47. The third-order valence-electron chi connectivity index (χ3n) is 5.36. The SMILES string of the molecule is C[C@@H]1COC[C@@H](C)N1c1cc(=O)n2c(n1)N(Cc1ccno1)[C@H](C(F)(F)F)CC2. The number of hydrogen-bond donors (Lipinski definition) is 0. The van der Waals surface area contributed by atoms with Gasteiger partial charge in [0, 0.05) is 18.7 Å². The van der Waals surface area contributed by atoms with Crippen molar-refractivity contribution in [1.82, 2.24) is 14.7 Å². The summed E-state index contributed by atoms with van der Waals surface area (Å²) in [6, 6.07) is 1.01. The normalized spacial score (nSPS) is 25.2. The van der Waals surface area contributed by atoms with Crippen LogP contribution in [-0.2, 0) is 17.8 Å². The van der Waals surface area contributed by atoms with Gasteiger partial charge < -0.3 is 19.1 Å². The summed E-state index contributed by atoms with van der Waals surface area (Å²) < 4.78 is 53.1. The van der Waals surface area contributed by atoms with Crippen LogP contribution in [0.4, 0.5) is 24.9 Å². The summed E-state index contributed by atoms with van der Waals surface area (Å²) in [5, 5.41) is 3.57. The number of alkyl halides is 3. The molecule has 158 valence electrons. The molecule has 2 aliphatic rings. The van der Waals surface area contributed by atoms with Crippen LogP contribution in [0.25, 0.3) is 0 Å². The zero-order chi connectivity index (χ0) is 20.8. The molecule has 2 aromatic rings. The van der Waals surface area contributed by atoms with Crippen molar-refractivity contribution < 1.29 is 22.4 Å². The highest BCUT2D eigenvalue weighted by molar-refractivity contribution is 5.48. The minimum absolute atomic E-state index is 0.0108. The van der Waals surface area contributed by atoms with E-state index in [0.29, 0.717) is 19.0 Å². The first-order chi connectivity index (χ1) is 13.8. The Labute approximate surface area is 164 Å². The summed E-state index contributed by atoms with van der Waals surface area (Å²) >= 11 is 0. The van der Waals surface area contributed by atoms with Crippen molar-refractivity contribution in [1.29, 1.82) is 0 Å². The average molecular weight is 413 g/mol. The van der Waals surface area contributed by atoms with Gasteiger partial charge in [0.1, 0.15) is 11.9 Å². The van der Waals surface area contributed by atoms with Gasteiger partial charge in [-0.15, -0.1) is 0 Å². The first-order valence-electron chi connectivity index (χ1n) is 9.46. The zero-order valence-electron chi connectivity index (χ0n) is 16.1. The third kappa shape index (κ3) is 3.70. The van der Waals surface area contributed by atoms with Crippen LogP contribution in [0.1, 0.15) is 26.0 Å². The topological polar surface area (TPSA) is 76.6 Å². The second-order valence-corrected chi connectivity index (χ2v) is 7.50. The molecule has 0 radical (unpaired) electrons. The van der Waals surface area contributed by atoms with Crippen molar-refractivity contribution in [3.8, 4) is 0 Å². The molecule has 0 amide bonds. The zero-order valence-corrected chi connectivity index (χ0v) is 16.1. The van der Waals surface area contributed by atoms with Gasteiger partial charge in [0.2, 0.25) is 5.95 Å². The largest absolute Gasteiger partial charge is 0.408 e. The molecule has 2 aromatic heterocycles. The smallest absolute Gasteiger partial charge is 0.377 e. The van der Waals surface area contributed by atoms with E-state index in [1.807, 2.05) is 18.7 Å². The number of hydrogen-bond acceptors (Lipinski definition) is 7. The number of morpholine rings is 1. The standard InChI is InChI=1S/C18H22F3N5O3/c1-11-9-28-10-12(2)26(11)15-7-16(27)24-6-4-14(18(19,20)21)25(17(24)23-15)8-13-3-5-22-29-13/h3,5,7,11-12,14H,4,6,8-10H2,1-2H3/t11-,12-,14+/m1/s1. The number of fused-ring (bicyclic) bond motifs is 1. The molecule has 2 aliphatic heterocycles. The minimum Gasteiger partial charge on any atom is -0.377 e. The highest BCUT2D eigenvalue weighted by Gasteiger charge is 2.47. The molecule has 11 heteroatoms. The lowest BCUT2D eigenvalue weighted by molar-refractivity contribution is -0.153. The second-order valence-electron chi connectivity index (χ2n) is 7.50. The van der Waals surface area contributed by atoms with Crippen LogP contribution in [0, 0.1) is 0 Å². The van der Waals surface area contributed by atoms with Crippen LogP contribution in [0.3, 0.4) is 0 Å². The summed E-state index contributed by atoms with van der Waals surface area (Å²) in [7, 11) is 0. The molecule has 0 aliphatic carbocycles. The van der Waals surface area contributed by atoms with Gasteiger partial charge in [0.05, 0.1) is 38.0 Å². The van der Waals surface area contributed by atoms with E-state index in [0.717, 1.165) is 4.90 Å². The predicted molar refractivity (Wildman–Crippen MR) is 97.9 cm³/mol. The second kappa shape index (κ2) is 7.36. The lowest BCUT2D eigenvalue weighted by atomic mass is 10.1. The summed E-state index contributed by atoms with van der Waals surface area (Å²) in [4.78, 5) is 20.3. The van der Waals surface area contributed by atoms with E-state index in [2.05, 4.69) is 10.1 Å². The highest BCUT2D eigenvalue weighted by Crippen LogP contribution is 2.35. The van der Waals surface area contributed by atoms with E-state index < -0.39 is 12.2 Å². The van der Waals surface area contributed by atoms with E-state index in [1.54, 1.807) is 0 Å². The Kier molecular flexibility index (Phi) is 5.01.